The molecule has 0 saturated heterocycles. The maximum absolute atomic E-state index is 10.6. The summed E-state index contributed by atoms with van der Waals surface area (Å²) in [7, 11) is 0. The van der Waals surface area contributed by atoms with Gasteiger partial charge in [-0.1, -0.05) is 20.4 Å². The molecule has 13 heavy (non-hydrogen) atoms. The normalized spacial score (nSPS) is 8.54. The van der Waals surface area contributed by atoms with E-state index in [-0.39, 0.29) is 0 Å². The van der Waals surface area contributed by atoms with Crippen LogP contribution in [0.2, 0.25) is 0 Å². The van der Waals surface area contributed by atoms with Crippen LogP contribution in [-0.2, 0) is 0 Å². The van der Waals surface area contributed by atoms with E-state index < -0.39 is 5.76 Å². The second-order valence-corrected chi connectivity index (χ2v) is 2.13. The fourth-order valence-electron chi connectivity index (χ4n) is 0.721. The summed E-state index contributed by atoms with van der Waals surface area (Å²) in [5, 5.41) is 0. The molecule has 0 atom stereocenters. The van der Waals surface area contributed by atoms with E-state index in [4.69, 9.17) is 4.42 Å². The van der Waals surface area contributed by atoms with E-state index in [2.05, 4.69) is 23.3 Å². The summed E-state index contributed by atoms with van der Waals surface area (Å²) in [5.41, 5.74) is 0.644. The maximum Gasteiger partial charge on any atom is 0.418 e. The first-order chi connectivity index (χ1) is 6.15. The first-order valence-electron chi connectivity index (χ1n) is 4.01. The molecular weight excluding hydrogens is 168 g/mol. The Balaban J connectivity index is 0.000000671. The second-order valence-electron chi connectivity index (χ2n) is 2.13. The average molecular weight is 182 g/mol. The van der Waals surface area contributed by atoms with E-state index in [0.29, 0.717) is 17.2 Å². The molecule has 0 amide bonds. The molecule has 0 aliphatic carbocycles. The molecule has 0 fully saturated rings. The topological polar surface area (TPSA) is 58.4 Å². The van der Waals surface area contributed by atoms with Crippen molar-refractivity contribution in [3.63, 3.8) is 0 Å². The van der Waals surface area contributed by atoms with Crippen LogP contribution in [0.3, 0.4) is 0 Å². The zero-order chi connectivity index (χ0) is 10.4. The number of H-pyrrole nitrogens is 1. The maximum atomic E-state index is 10.6. The first kappa shape index (κ1) is 11.4. The van der Waals surface area contributed by atoms with Crippen LogP contribution in [0.4, 0.5) is 5.82 Å². The Morgan fingerprint density at radius 3 is 2.38 bits per heavy atom. The predicted octanol–water partition coefficient (Wildman–Crippen LogP) is 2.36. The van der Waals surface area contributed by atoms with Crippen molar-refractivity contribution in [1.29, 1.82) is 0 Å². The molecule has 0 aromatic carbocycles. The second kappa shape index (κ2) is 5.13. The van der Waals surface area contributed by atoms with E-state index in [1.165, 1.54) is 0 Å². The van der Waals surface area contributed by atoms with Gasteiger partial charge in [0.05, 0.1) is 0 Å². The third-order valence-corrected chi connectivity index (χ3v) is 1.18. The van der Waals surface area contributed by atoms with Gasteiger partial charge in [-0.15, -0.1) is 0 Å². The number of aromatic amines is 1. The van der Waals surface area contributed by atoms with Gasteiger partial charge in [0.2, 0.25) is 0 Å². The smallest absolute Gasteiger partial charge is 0.406 e. The van der Waals surface area contributed by atoms with Crippen LogP contribution < -0.4 is 5.76 Å². The van der Waals surface area contributed by atoms with Crippen LogP contribution in [0.25, 0.3) is 5.57 Å². The van der Waals surface area contributed by atoms with Crippen molar-refractivity contribution in [3.05, 3.63) is 22.9 Å². The van der Waals surface area contributed by atoms with Gasteiger partial charge >= 0.3 is 5.76 Å². The fraction of sp³-hybridized carbons (Fsp3) is 0.333. The van der Waals surface area contributed by atoms with Crippen molar-refractivity contribution in [2.24, 2.45) is 4.99 Å². The quantitative estimate of drug-likeness (QED) is 0.714. The minimum absolute atomic E-state index is 0.336. The molecule has 0 saturated carbocycles. The SMILES string of the molecule is C=Nc1[nH]c(=O)oc1C(=C)C.CC. The molecule has 1 aromatic rings. The molecule has 1 N–H and O–H groups in total. The highest BCUT2D eigenvalue weighted by atomic mass is 16.4. The van der Waals surface area contributed by atoms with Gasteiger partial charge in [0, 0.05) is 0 Å². The third kappa shape index (κ3) is 2.74. The minimum Gasteiger partial charge on any atom is -0.406 e. The molecule has 4 nitrogen and oxygen atoms in total. The Labute approximate surface area is 77.0 Å². The highest BCUT2D eigenvalue weighted by Crippen LogP contribution is 2.19. The third-order valence-electron chi connectivity index (χ3n) is 1.18. The number of nitrogens with one attached hydrogen (secondary N) is 1. The van der Waals surface area contributed by atoms with Gasteiger partial charge in [-0.2, -0.15) is 0 Å². The van der Waals surface area contributed by atoms with Crippen LogP contribution in [0.1, 0.15) is 26.5 Å². The zero-order valence-electron chi connectivity index (χ0n) is 8.18. The Morgan fingerprint density at radius 2 is 2.08 bits per heavy atom. The van der Waals surface area contributed by atoms with Gasteiger partial charge < -0.3 is 4.42 Å². The summed E-state index contributed by atoms with van der Waals surface area (Å²) in [4.78, 5) is 16.5. The Hall–Kier alpha value is -1.58. The van der Waals surface area contributed by atoms with Crippen LogP contribution in [0.5, 0.6) is 0 Å². The summed E-state index contributed by atoms with van der Waals surface area (Å²) in [5.74, 6) is 0.165. The molecule has 4 heteroatoms. The molecule has 0 radical (unpaired) electrons. The summed E-state index contributed by atoms with van der Waals surface area (Å²) in [6, 6.07) is 0. The lowest BCUT2D eigenvalue weighted by Crippen LogP contribution is -1.93. The van der Waals surface area contributed by atoms with Crippen LogP contribution >= 0.6 is 0 Å². The monoisotopic (exact) mass is 182 g/mol. The summed E-state index contributed by atoms with van der Waals surface area (Å²) in [6.45, 7) is 12.6. The van der Waals surface area contributed by atoms with Crippen LogP contribution in [0.15, 0.2) is 20.8 Å². The lowest BCUT2D eigenvalue weighted by molar-refractivity contribution is 0.504. The van der Waals surface area contributed by atoms with Crippen LogP contribution in [-0.4, -0.2) is 11.7 Å². The van der Waals surface area contributed by atoms with Gasteiger partial charge in [-0.05, 0) is 19.2 Å². The molecule has 0 spiro atoms. The van der Waals surface area contributed by atoms with Crippen molar-refractivity contribution in [2.45, 2.75) is 20.8 Å². The van der Waals surface area contributed by atoms with E-state index in [1.54, 1.807) is 6.92 Å². The van der Waals surface area contributed by atoms with Crippen molar-refractivity contribution < 1.29 is 4.42 Å². The van der Waals surface area contributed by atoms with Crippen molar-refractivity contribution in [2.75, 3.05) is 0 Å². The van der Waals surface area contributed by atoms with E-state index in [9.17, 15) is 4.79 Å². The lowest BCUT2D eigenvalue weighted by atomic mass is 10.3. The number of aromatic nitrogens is 1. The number of allylic oxidation sites excluding steroid dienone is 1. The van der Waals surface area contributed by atoms with Crippen molar-refractivity contribution in [1.82, 2.24) is 4.98 Å². The Kier molecular flexibility index (Phi) is 4.51. The molecule has 0 aliphatic rings. The first-order valence-corrected chi connectivity index (χ1v) is 4.01. The highest BCUT2D eigenvalue weighted by Gasteiger charge is 2.07. The predicted molar refractivity (Wildman–Crippen MR) is 54.6 cm³/mol. The zero-order valence-corrected chi connectivity index (χ0v) is 8.18. The molecule has 72 valence electrons. The molecule has 0 aliphatic heterocycles. The van der Waals surface area contributed by atoms with E-state index >= 15 is 0 Å². The number of rotatable bonds is 2. The number of aliphatic imine (C=N–C) groups is 1. The van der Waals surface area contributed by atoms with Crippen molar-refractivity contribution >= 4 is 18.1 Å². The molecule has 0 unspecified atom stereocenters. The summed E-state index contributed by atoms with van der Waals surface area (Å²) >= 11 is 0. The summed E-state index contributed by atoms with van der Waals surface area (Å²) in [6.07, 6.45) is 0. The largest absolute Gasteiger partial charge is 0.418 e. The highest BCUT2D eigenvalue weighted by molar-refractivity contribution is 5.65. The molecular formula is C9H14N2O2. The number of nitrogens with zero attached hydrogens (tertiary/aromatic N) is 1. The van der Waals surface area contributed by atoms with Gasteiger partial charge in [0.15, 0.2) is 11.6 Å². The molecule has 1 rings (SSSR count). The minimum atomic E-state index is -0.537. The Bertz CT molecular complexity index is 347. The molecule has 1 aromatic heterocycles. The van der Waals surface area contributed by atoms with Gasteiger partial charge in [-0.3, -0.25) is 4.98 Å². The summed E-state index contributed by atoms with van der Waals surface area (Å²) < 4.78 is 4.72. The van der Waals surface area contributed by atoms with E-state index in [1.807, 2.05) is 13.8 Å². The number of oxazole rings is 1. The Morgan fingerprint density at radius 1 is 1.54 bits per heavy atom. The standard InChI is InChI=1S/C7H8N2O2.C2H6/c1-4(2)5-6(8-3)9-7(10)11-5;1-2/h1,3H2,2H3,(H,9,10);1-2H3. The number of hydrogen-bond donors (Lipinski definition) is 1. The number of hydrogen-bond acceptors (Lipinski definition) is 3. The van der Waals surface area contributed by atoms with E-state index in [0.717, 1.165) is 0 Å². The van der Waals surface area contributed by atoms with Crippen LogP contribution in [0, 0.1) is 0 Å². The lowest BCUT2D eigenvalue weighted by Gasteiger charge is -1.90. The molecule has 0 bridgehead atoms. The average Bonchev–Trinajstić information content (AvgIpc) is 2.50. The van der Waals surface area contributed by atoms with Gasteiger partial charge in [0.1, 0.15) is 0 Å². The fourth-order valence-corrected chi connectivity index (χ4v) is 0.721. The van der Waals surface area contributed by atoms with Crippen molar-refractivity contribution in [3.8, 4) is 0 Å². The van der Waals surface area contributed by atoms with Gasteiger partial charge in [-0.25, -0.2) is 9.79 Å². The molecule has 1 heterocycles. The van der Waals surface area contributed by atoms with Gasteiger partial charge in [0.25, 0.3) is 0 Å².